The van der Waals surface area contributed by atoms with Crippen LogP contribution in [0.2, 0.25) is 0 Å². The van der Waals surface area contributed by atoms with E-state index >= 15 is 0 Å². The molecule has 0 radical (unpaired) electrons. The quantitative estimate of drug-likeness (QED) is 0.830. The van der Waals surface area contributed by atoms with Crippen LogP contribution in [0.3, 0.4) is 0 Å². The second kappa shape index (κ2) is 7.28. The van der Waals surface area contributed by atoms with E-state index in [9.17, 15) is 0 Å². The molecular formula is C18H30N2O. The van der Waals surface area contributed by atoms with Crippen molar-refractivity contribution in [2.24, 2.45) is 0 Å². The number of hydrogen-bond donors (Lipinski definition) is 1. The summed E-state index contributed by atoms with van der Waals surface area (Å²) in [6.45, 7) is 5.93. The summed E-state index contributed by atoms with van der Waals surface area (Å²) in [6, 6.07) is 8.97. The standard InChI is InChI=1S/C18H30N2O/c1-5-19-17(18(20(3)4)12-7-8-13-18)15-10-9-11-16(14-15)21-6-2/h9-11,14,17,19H,5-8,12-13H2,1-4H3. The van der Waals surface area contributed by atoms with Gasteiger partial charge < -0.3 is 15.0 Å². The topological polar surface area (TPSA) is 24.5 Å². The van der Waals surface area contributed by atoms with Gasteiger partial charge in [-0.25, -0.2) is 0 Å². The van der Waals surface area contributed by atoms with Crippen molar-refractivity contribution in [3.63, 3.8) is 0 Å². The first kappa shape index (κ1) is 16.3. The third kappa shape index (κ3) is 3.41. The van der Waals surface area contributed by atoms with Crippen molar-refractivity contribution in [1.29, 1.82) is 0 Å². The van der Waals surface area contributed by atoms with E-state index < -0.39 is 0 Å². The summed E-state index contributed by atoms with van der Waals surface area (Å²) in [4.78, 5) is 2.43. The minimum atomic E-state index is 0.223. The predicted octanol–water partition coefficient (Wildman–Crippen LogP) is 3.61. The first-order valence-electron chi connectivity index (χ1n) is 8.27. The molecule has 1 aromatic carbocycles. The lowest BCUT2D eigenvalue weighted by molar-refractivity contribution is 0.105. The Morgan fingerprint density at radius 3 is 2.52 bits per heavy atom. The van der Waals surface area contributed by atoms with Gasteiger partial charge in [0.05, 0.1) is 12.6 Å². The van der Waals surface area contributed by atoms with Crippen LogP contribution < -0.4 is 10.1 Å². The average Bonchev–Trinajstić information content (AvgIpc) is 2.96. The molecule has 0 aromatic heterocycles. The maximum absolute atomic E-state index is 5.69. The van der Waals surface area contributed by atoms with Crippen LogP contribution in [-0.4, -0.2) is 37.7 Å². The summed E-state index contributed by atoms with van der Waals surface area (Å²) in [5.41, 5.74) is 1.57. The Hall–Kier alpha value is -1.06. The van der Waals surface area contributed by atoms with Gasteiger partial charge in [-0.05, 0) is 58.1 Å². The highest BCUT2D eigenvalue weighted by molar-refractivity contribution is 5.33. The molecule has 21 heavy (non-hydrogen) atoms. The molecule has 2 rings (SSSR count). The Balaban J connectivity index is 2.35. The smallest absolute Gasteiger partial charge is 0.119 e. The Kier molecular flexibility index (Phi) is 5.65. The molecule has 1 fully saturated rings. The summed E-state index contributed by atoms with van der Waals surface area (Å²) in [5.74, 6) is 0.977. The lowest BCUT2D eigenvalue weighted by atomic mass is 9.82. The van der Waals surface area contributed by atoms with Crippen molar-refractivity contribution < 1.29 is 4.74 Å². The van der Waals surface area contributed by atoms with Crippen LogP contribution in [0.25, 0.3) is 0 Å². The number of nitrogens with zero attached hydrogens (tertiary/aromatic N) is 1. The zero-order valence-electron chi connectivity index (χ0n) is 14.0. The van der Waals surface area contributed by atoms with Crippen LogP contribution in [-0.2, 0) is 0 Å². The Bertz CT molecular complexity index is 439. The Labute approximate surface area is 129 Å². The average molecular weight is 290 g/mol. The highest BCUT2D eigenvalue weighted by Gasteiger charge is 2.43. The number of rotatable bonds is 7. The molecule has 0 saturated heterocycles. The summed E-state index contributed by atoms with van der Waals surface area (Å²) < 4.78 is 5.69. The molecule has 1 atom stereocenters. The molecule has 3 nitrogen and oxygen atoms in total. The van der Waals surface area contributed by atoms with Gasteiger partial charge in [-0.1, -0.05) is 31.9 Å². The van der Waals surface area contributed by atoms with Crippen molar-refractivity contribution in [1.82, 2.24) is 10.2 Å². The molecule has 1 N–H and O–H groups in total. The molecule has 118 valence electrons. The summed E-state index contributed by atoms with van der Waals surface area (Å²) in [5, 5.41) is 3.74. The fourth-order valence-corrected chi connectivity index (χ4v) is 3.75. The van der Waals surface area contributed by atoms with Crippen LogP contribution in [0.5, 0.6) is 5.75 Å². The van der Waals surface area contributed by atoms with E-state index in [0.29, 0.717) is 12.6 Å². The Morgan fingerprint density at radius 1 is 1.24 bits per heavy atom. The van der Waals surface area contributed by atoms with Crippen molar-refractivity contribution in [3.8, 4) is 5.75 Å². The van der Waals surface area contributed by atoms with Gasteiger partial charge in [0.25, 0.3) is 0 Å². The molecule has 1 saturated carbocycles. The van der Waals surface area contributed by atoms with Crippen LogP contribution in [0, 0.1) is 0 Å². The molecule has 0 amide bonds. The highest BCUT2D eigenvalue weighted by atomic mass is 16.5. The number of hydrogen-bond acceptors (Lipinski definition) is 3. The van der Waals surface area contributed by atoms with Gasteiger partial charge in [-0.15, -0.1) is 0 Å². The van der Waals surface area contributed by atoms with Crippen molar-refractivity contribution in [3.05, 3.63) is 29.8 Å². The van der Waals surface area contributed by atoms with Gasteiger partial charge in [-0.3, -0.25) is 0 Å². The maximum atomic E-state index is 5.69. The van der Waals surface area contributed by atoms with E-state index in [0.717, 1.165) is 12.3 Å². The van der Waals surface area contributed by atoms with Crippen molar-refractivity contribution >= 4 is 0 Å². The molecule has 1 aliphatic rings. The largest absolute Gasteiger partial charge is 0.494 e. The molecule has 0 aliphatic heterocycles. The monoisotopic (exact) mass is 290 g/mol. The zero-order valence-corrected chi connectivity index (χ0v) is 14.0. The molecule has 0 bridgehead atoms. The first-order valence-corrected chi connectivity index (χ1v) is 8.27. The summed E-state index contributed by atoms with van der Waals surface area (Å²) >= 11 is 0. The van der Waals surface area contributed by atoms with Gasteiger partial charge >= 0.3 is 0 Å². The summed E-state index contributed by atoms with van der Waals surface area (Å²) in [6.07, 6.45) is 5.17. The van der Waals surface area contributed by atoms with E-state index in [2.05, 4.69) is 49.4 Å². The zero-order chi connectivity index (χ0) is 15.3. The Morgan fingerprint density at radius 2 is 1.95 bits per heavy atom. The lowest BCUT2D eigenvalue weighted by Crippen LogP contribution is -2.52. The van der Waals surface area contributed by atoms with Gasteiger partial charge in [0.15, 0.2) is 0 Å². The molecule has 1 aliphatic carbocycles. The van der Waals surface area contributed by atoms with Gasteiger partial charge in [0.1, 0.15) is 5.75 Å². The van der Waals surface area contributed by atoms with Crippen molar-refractivity contribution in [2.75, 3.05) is 27.2 Å². The van der Waals surface area contributed by atoms with Gasteiger partial charge in [0, 0.05) is 5.54 Å². The number of benzene rings is 1. The molecule has 0 spiro atoms. The predicted molar refractivity (Wildman–Crippen MR) is 88.9 cm³/mol. The molecule has 0 heterocycles. The number of nitrogens with one attached hydrogen (secondary N) is 1. The van der Waals surface area contributed by atoms with E-state index in [1.54, 1.807) is 0 Å². The second-order valence-electron chi connectivity index (χ2n) is 6.20. The summed E-state index contributed by atoms with van der Waals surface area (Å²) in [7, 11) is 4.45. The number of likely N-dealkylation sites (N-methyl/N-ethyl adjacent to an activating group) is 2. The third-order valence-electron chi connectivity index (χ3n) is 4.81. The van der Waals surface area contributed by atoms with E-state index in [-0.39, 0.29) is 5.54 Å². The SMILES string of the molecule is CCNC(c1cccc(OCC)c1)C1(N(C)C)CCCC1. The highest BCUT2D eigenvalue weighted by Crippen LogP contribution is 2.43. The normalized spacial score (nSPS) is 18.9. The molecule has 1 unspecified atom stereocenters. The molecule has 3 heteroatoms. The minimum Gasteiger partial charge on any atom is -0.494 e. The maximum Gasteiger partial charge on any atom is 0.119 e. The van der Waals surface area contributed by atoms with Crippen LogP contribution >= 0.6 is 0 Å². The van der Waals surface area contributed by atoms with E-state index in [4.69, 9.17) is 4.74 Å². The van der Waals surface area contributed by atoms with Crippen LogP contribution in [0.15, 0.2) is 24.3 Å². The fourth-order valence-electron chi connectivity index (χ4n) is 3.75. The first-order chi connectivity index (χ1) is 10.1. The second-order valence-corrected chi connectivity index (χ2v) is 6.20. The minimum absolute atomic E-state index is 0.223. The fraction of sp³-hybridized carbons (Fsp3) is 0.667. The lowest BCUT2D eigenvalue weighted by Gasteiger charge is -2.44. The van der Waals surface area contributed by atoms with E-state index in [1.165, 1.54) is 31.2 Å². The van der Waals surface area contributed by atoms with E-state index in [1.807, 2.05) is 13.0 Å². The van der Waals surface area contributed by atoms with Crippen molar-refractivity contribution in [2.45, 2.75) is 51.1 Å². The van der Waals surface area contributed by atoms with Gasteiger partial charge in [-0.2, -0.15) is 0 Å². The third-order valence-corrected chi connectivity index (χ3v) is 4.81. The molecular weight excluding hydrogens is 260 g/mol. The van der Waals surface area contributed by atoms with Gasteiger partial charge in [0.2, 0.25) is 0 Å². The van der Waals surface area contributed by atoms with Crippen LogP contribution in [0.4, 0.5) is 0 Å². The number of ether oxygens (including phenoxy) is 1. The van der Waals surface area contributed by atoms with Crippen LogP contribution in [0.1, 0.15) is 51.1 Å². The molecule has 1 aromatic rings.